The van der Waals surface area contributed by atoms with E-state index in [9.17, 15) is 0 Å². The standard InChI is InChI=1S/C10H14N2O2/c1-12-4-2-8(3-5-12)10-6-9(7-13)14-11-10/h2,6,13H,3-5,7H2,1H3. The molecule has 0 atom stereocenters. The van der Waals surface area contributed by atoms with Gasteiger partial charge in [0.15, 0.2) is 5.76 Å². The Kier molecular flexibility index (Phi) is 2.65. The second-order valence-corrected chi connectivity index (χ2v) is 3.58. The molecule has 1 aromatic heterocycles. The lowest BCUT2D eigenvalue weighted by Gasteiger charge is -2.20. The molecule has 0 amide bonds. The summed E-state index contributed by atoms with van der Waals surface area (Å²) in [6.07, 6.45) is 3.15. The van der Waals surface area contributed by atoms with Crippen LogP contribution in [0.4, 0.5) is 0 Å². The number of aliphatic hydroxyl groups excluding tert-OH is 1. The van der Waals surface area contributed by atoms with Crippen LogP contribution in [-0.4, -0.2) is 35.3 Å². The molecule has 4 nitrogen and oxygen atoms in total. The number of hydrogen-bond donors (Lipinski definition) is 1. The van der Waals surface area contributed by atoms with Gasteiger partial charge in [0.1, 0.15) is 12.3 Å². The third kappa shape index (κ3) is 1.86. The molecule has 0 aromatic carbocycles. The molecular formula is C10H14N2O2. The summed E-state index contributed by atoms with van der Waals surface area (Å²) in [5.74, 6) is 0.528. The Morgan fingerprint density at radius 1 is 1.64 bits per heavy atom. The summed E-state index contributed by atoms with van der Waals surface area (Å²) < 4.78 is 4.94. The van der Waals surface area contributed by atoms with Gasteiger partial charge in [-0.15, -0.1) is 0 Å². The average Bonchev–Trinajstić information content (AvgIpc) is 2.67. The molecule has 2 rings (SSSR count). The van der Waals surface area contributed by atoms with Gasteiger partial charge in [-0.25, -0.2) is 0 Å². The molecule has 76 valence electrons. The highest BCUT2D eigenvalue weighted by molar-refractivity contribution is 5.63. The van der Waals surface area contributed by atoms with Crippen molar-refractivity contribution in [1.29, 1.82) is 0 Å². The average molecular weight is 194 g/mol. The second-order valence-electron chi connectivity index (χ2n) is 3.58. The van der Waals surface area contributed by atoms with Crippen molar-refractivity contribution in [2.45, 2.75) is 13.0 Å². The van der Waals surface area contributed by atoms with E-state index in [0.29, 0.717) is 5.76 Å². The van der Waals surface area contributed by atoms with Gasteiger partial charge >= 0.3 is 0 Å². The second kappa shape index (κ2) is 3.94. The minimum Gasteiger partial charge on any atom is -0.388 e. The molecule has 0 bridgehead atoms. The fraction of sp³-hybridized carbons (Fsp3) is 0.500. The van der Waals surface area contributed by atoms with Crippen molar-refractivity contribution in [2.75, 3.05) is 20.1 Å². The summed E-state index contributed by atoms with van der Waals surface area (Å²) in [5, 5.41) is 12.7. The minimum atomic E-state index is -0.0832. The summed E-state index contributed by atoms with van der Waals surface area (Å²) in [6.45, 7) is 1.92. The van der Waals surface area contributed by atoms with Gasteiger partial charge < -0.3 is 14.5 Å². The third-order valence-corrected chi connectivity index (χ3v) is 2.46. The predicted octanol–water partition coefficient (Wildman–Crippen LogP) is 0.886. The van der Waals surface area contributed by atoms with E-state index in [4.69, 9.17) is 9.63 Å². The summed E-state index contributed by atoms with van der Waals surface area (Å²) in [5.41, 5.74) is 2.08. The number of aromatic nitrogens is 1. The zero-order valence-corrected chi connectivity index (χ0v) is 8.23. The first kappa shape index (κ1) is 9.43. The van der Waals surface area contributed by atoms with Crippen LogP contribution in [0, 0.1) is 0 Å². The van der Waals surface area contributed by atoms with Crippen LogP contribution < -0.4 is 0 Å². The van der Waals surface area contributed by atoms with Crippen LogP contribution in [0.15, 0.2) is 16.7 Å². The Bertz CT molecular complexity index is 344. The lowest BCUT2D eigenvalue weighted by Crippen LogP contribution is -2.23. The van der Waals surface area contributed by atoms with E-state index in [-0.39, 0.29) is 6.61 Å². The molecule has 2 heterocycles. The highest BCUT2D eigenvalue weighted by Crippen LogP contribution is 2.21. The van der Waals surface area contributed by atoms with Gasteiger partial charge in [-0.05, 0) is 19.0 Å². The van der Waals surface area contributed by atoms with E-state index in [1.807, 2.05) is 0 Å². The quantitative estimate of drug-likeness (QED) is 0.759. The van der Waals surface area contributed by atoms with Gasteiger partial charge in [-0.1, -0.05) is 11.2 Å². The molecule has 14 heavy (non-hydrogen) atoms. The SMILES string of the molecule is CN1CC=C(c2cc(CO)on2)CC1. The lowest BCUT2D eigenvalue weighted by atomic mass is 10.1. The molecule has 1 N–H and O–H groups in total. The van der Waals surface area contributed by atoms with Crippen LogP contribution in [0.5, 0.6) is 0 Å². The van der Waals surface area contributed by atoms with Gasteiger partial charge in [0.25, 0.3) is 0 Å². The van der Waals surface area contributed by atoms with Gasteiger partial charge in [0.05, 0.1) is 0 Å². The van der Waals surface area contributed by atoms with Crippen LogP contribution in [-0.2, 0) is 6.61 Å². The zero-order valence-electron chi connectivity index (χ0n) is 8.23. The van der Waals surface area contributed by atoms with E-state index in [0.717, 1.165) is 25.2 Å². The van der Waals surface area contributed by atoms with E-state index in [2.05, 4.69) is 23.2 Å². The molecule has 4 heteroatoms. The first-order valence-corrected chi connectivity index (χ1v) is 4.74. The number of hydrogen-bond acceptors (Lipinski definition) is 4. The molecule has 0 radical (unpaired) electrons. The number of rotatable bonds is 2. The number of likely N-dealkylation sites (N-methyl/N-ethyl adjacent to an activating group) is 1. The molecule has 1 aromatic rings. The lowest BCUT2D eigenvalue weighted by molar-refractivity contribution is 0.229. The molecule has 0 unspecified atom stereocenters. The maximum Gasteiger partial charge on any atom is 0.162 e. The van der Waals surface area contributed by atoms with E-state index < -0.39 is 0 Å². The number of nitrogens with zero attached hydrogens (tertiary/aromatic N) is 2. The maximum absolute atomic E-state index is 8.83. The van der Waals surface area contributed by atoms with Crippen molar-refractivity contribution in [2.24, 2.45) is 0 Å². The summed E-state index contributed by atoms with van der Waals surface area (Å²) in [7, 11) is 2.09. The van der Waals surface area contributed by atoms with Crippen molar-refractivity contribution in [3.8, 4) is 0 Å². The molecule has 0 saturated heterocycles. The van der Waals surface area contributed by atoms with E-state index in [1.54, 1.807) is 6.07 Å². The normalized spacial score (nSPS) is 18.3. The smallest absolute Gasteiger partial charge is 0.162 e. The van der Waals surface area contributed by atoms with Crippen LogP contribution >= 0.6 is 0 Å². The van der Waals surface area contributed by atoms with E-state index >= 15 is 0 Å². The minimum absolute atomic E-state index is 0.0832. The zero-order chi connectivity index (χ0) is 9.97. The van der Waals surface area contributed by atoms with Crippen LogP contribution in [0.1, 0.15) is 17.9 Å². The summed E-state index contributed by atoms with van der Waals surface area (Å²) >= 11 is 0. The largest absolute Gasteiger partial charge is 0.388 e. The molecular weight excluding hydrogens is 180 g/mol. The van der Waals surface area contributed by atoms with Crippen LogP contribution in [0.3, 0.4) is 0 Å². The first-order valence-electron chi connectivity index (χ1n) is 4.74. The Labute approximate surface area is 82.8 Å². The molecule has 0 fully saturated rings. The van der Waals surface area contributed by atoms with E-state index in [1.165, 1.54) is 5.57 Å². The highest BCUT2D eigenvalue weighted by atomic mass is 16.5. The first-order chi connectivity index (χ1) is 6.79. The van der Waals surface area contributed by atoms with Crippen molar-refractivity contribution in [1.82, 2.24) is 10.1 Å². The monoisotopic (exact) mass is 194 g/mol. The Balaban J connectivity index is 2.15. The molecule has 1 aliphatic rings. The summed E-state index contributed by atoms with van der Waals surface area (Å²) in [6, 6.07) is 1.80. The fourth-order valence-corrected chi connectivity index (χ4v) is 1.54. The summed E-state index contributed by atoms with van der Waals surface area (Å²) in [4.78, 5) is 2.25. The van der Waals surface area contributed by atoms with Crippen LogP contribution in [0.2, 0.25) is 0 Å². The van der Waals surface area contributed by atoms with Crippen molar-refractivity contribution < 1.29 is 9.63 Å². The molecule has 0 aliphatic carbocycles. The fourth-order valence-electron chi connectivity index (χ4n) is 1.54. The van der Waals surface area contributed by atoms with Gasteiger partial charge in [-0.3, -0.25) is 0 Å². The van der Waals surface area contributed by atoms with Crippen molar-refractivity contribution >= 4 is 5.57 Å². The molecule has 0 saturated carbocycles. The van der Waals surface area contributed by atoms with Crippen molar-refractivity contribution in [3.05, 3.63) is 23.6 Å². The van der Waals surface area contributed by atoms with Gasteiger partial charge in [-0.2, -0.15) is 0 Å². The van der Waals surface area contributed by atoms with Crippen molar-refractivity contribution in [3.63, 3.8) is 0 Å². The Morgan fingerprint density at radius 2 is 2.50 bits per heavy atom. The van der Waals surface area contributed by atoms with Gasteiger partial charge in [0.2, 0.25) is 0 Å². The third-order valence-electron chi connectivity index (χ3n) is 2.46. The van der Waals surface area contributed by atoms with Gasteiger partial charge in [0, 0.05) is 19.2 Å². The maximum atomic E-state index is 8.83. The molecule has 1 aliphatic heterocycles. The Hall–Kier alpha value is -1.13. The highest BCUT2D eigenvalue weighted by Gasteiger charge is 2.13. The predicted molar refractivity (Wildman–Crippen MR) is 52.5 cm³/mol. The Morgan fingerprint density at radius 3 is 3.07 bits per heavy atom. The van der Waals surface area contributed by atoms with Crippen LogP contribution in [0.25, 0.3) is 5.57 Å². The number of aliphatic hydroxyl groups is 1. The topological polar surface area (TPSA) is 49.5 Å². The molecule has 0 spiro atoms.